The topological polar surface area (TPSA) is 60.2 Å². The molecule has 1 aliphatic rings. The highest BCUT2D eigenvalue weighted by Crippen LogP contribution is 2.29. The molecule has 1 aromatic rings. The van der Waals surface area contributed by atoms with Gasteiger partial charge in [0.15, 0.2) is 0 Å². The Morgan fingerprint density at radius 1 is 1.29 bits per heavy atom. The smallest absolute Gasteiger partial charge is 0.128 e. The van der Waals surface area contributed by atoms with Gasteiger partial charge in [0.25, 0.3) is 0 Å². The van der Waals surface area contributed by atoms with Gasteiger partial charge in [0, 0.05) is 35.5 Å². The van der Waals surface area contributed by atoms with Gasteiger partial charge in [-0.1, -0.05) is 25.7 Å². The Labute approximate surface area is 128 Å². The van der Waals surface area contributed by atoms with E-state index in [1.165, 1.54) is 38.5 Å². The number of nitrogens with zero attached hydrogens (tertiary/aromatic N) is 1. The predicted molar refractivity (Wildman–Crippen MR) is 86.3 cm³/mol. The van der Waals surface area contributed by atoms with Crippen LogP contribution in [0.15, 0.2) is 6.20 Å². The van der Waals surface area contributed by atoms with Gasteiger partial charge in [-0.25, -0.2) is 0 Å². The molecule has 4 heteroatoms. The molecule has 1 atom stereocenters. The van der Waals surface area contributed by atoms with Gasteiger partial charge in [-0.15, -0.1) is 0 Å². The molecule has 0 bridgehead atoms. The van der Waals surface area contributed by atoms with Crippen molar-refractivity contribution >= 4 is 0 Å². The van der Waals surface area contributed by atoms with E-state index in [2.05, 4.69) is 17.3 Å². The van der Waals surface area contributed by atoms with E-state index in [4.69, 9.17) is 10.6 Å². The van der Waals surface area contributed by atoms with E-state index in [9.17, 15) is 0 Å². The molecule has 1 saturated carbocycles. The maximum absolute atomic E-state index is 5.84. The van der Waals surface area contributed by atoms with Gasteiger partial charge >= 0.3 is 0 Å². The number of pyridine rings is 1. The first-order valence-electron chi connectivity index (χ1n) is 8.12. The minimum Gasteiger partial charge on any atom is -0.496 e. The lowest BCUT2D eigenvalue weighted by Crippen LogP contribution is -2.42. The zero-order chi connectivity index (χ0) is 15.2. The van der Waals surface area contributed by atoms with Crippen LogP contribution in [0, 0.1) is 19.8 Å². The fourth-order valence-electron chi connectivity index (χ4n) is 3.56. The Morgan fingerprint density at radius 2 is 1.95 bits per heavy atom. The largest absolute Gasteiger partial charge is 0.496 e. The van der Waals surface area contributed by atoms with Crippen molar-refractivity contribution < 1.29 is 4.74 Å². The third-order valence-electron chi connectivity index (χ3n) is 4.85. The minimum atomic E-state index is 0.307. The zero-order valence-electron chi connectivity index (χ0n) is 13.6. The van der Waals surface area contributed by atoms with E-state index in [0.717, 1.165) is 29.0 Å². The Hall–Kier alpha value is -1.13. The van der Waals surface area contributed by atoms with E-state index in [0.29, 0.717) is 12.0 Å². The molecule has 1 heterocycles. The van der Waals surface area contributed by atoms with E-state index in [1.54, 1.807) is 7.11 Å². The lowest BCUT2D eigenvalue weighted by molar-refractivity contribution is 0.317. The first-order chi connectivity index (χ1) is 10.2. The number of ether oxygens (including phenoxy) is 1. The quantitative estimate of drug-likeness (QED) is 0.497. The predicted octanol–water partition coefficient (Wildman–Crippen LogP) is 3.05. The molecule has 21 heavy (non-hydrogen) atoms. The summed E-state index contributed by atoms with van der Waals surface area (Å²) >= 11 is 0. The molecule has 118 valence electrons. The molecule has 0 saturated heterocycles. The van der Waals surface area contributed by atoms with Gasteiger partial charge in [-0.2, -0.15) is 0 Å². The number of hydrogen-bond donors (Lipinski definition) is 2. The van der Waals surface area contributed by atoms with Crippen LogP contribution in [0.25, 0.3) is 0 Å². The van der Waals surface area contributed by atoms with Crippen LogP contribution in [-0.4, -0.2) is 18.1 Å². The van der Waals surface area contributed by atoms with Crippen LogP contribution < -0.4 is 16.0 Å². The van der Waals surface area contributed by atoms with Crippen molar-refractivity contribution in [1.29, 1.82) is 0 Å². The lowest BCUT2D eigenvalue weighted by atomic mass is 9.88. The average molecular weight is 291 g/mol. The first-order valence-corrected chi connectivity index (χ1v) is 8.12. The summed E-state index contributed by atoms with van der Waals surface area (Å²) in [5, 5.41) is 0. The van der Waals surface area contributed by atoms with E-state index in [-0.39, 0.29) is 0 Å². The number of aromatic nitrogens is 1. The minimum absolute atomic E-state index is 0.307. The molecule has 2 rings (SSSR count). The molecule has 4 nitrogen and oxygen atoms in total. The van der Waals surface area contributed by atoms with Crippen molar-refractivity contribution in [3.63, 3.8) is 0 Å². The van der Waals surface area contributed by atoms with E-state index in [1.807, 2.05) is 13.1 Å². The fourth-order valence-corrected chi connectivity index (χ4v) is 3.56. The number of nitrogens with two attached hydrogens (primary N) is 1. The molecule has 0 aliphatic heterocycles. The monoisotopic (exact) mass is 291 g/mol. The third-order valence-corrected chi connectivity index (χ3v) is 4.85. The second kappa shape index (κ2) is 7.76. The Bertz CT molecular complexity index is 454. The standard InChI is InChI=1S/C17H29N3O/c1-12-11-19-15(13(2)17(12)21-3)10-16(20-18)14-8-6-4-5-7-9-14/h11,14,16,20H,4-10,18H2,1-3H3. The van der Waals surface area contributed by atoms with Crippen LogP contribution in [0.1, 0.15) is 55.3 Å². The number of hydrogen-bond acceptors (Lipinski definition) is 4. The number of aryl methyl sites for hydroxylation is 1. The molecule has 0 radical (unpaired) electrons. The van der Waals surface area contributed by atoms with Crippen LogP contribution in [0.3, 0.4) is 0 Å². The highest BCUT2D eigenvalue weighted by molar-refractivity contribution is 5.41. The van der Waals surface area contributed by atoms with Gasteiger partial charge < -0.3 is 4.74 Å². The molecule has 3 N–H and O–H groups in total. The highest BCUT2D eigenvalue weighted by atomic mass is 16.5. The third kappa shape index (κ3) is 3.95. The van der Waals surface area contributed by atoms with Gasteiger partial charge in [0.05, 0.1) is 7.11 Å². The van der Waals surface area contributed by atoms with Crippen LogP contribution in [0.4, 0.5) is 0 Å². The number of methoxy groups -OCH3 is 1. The van der Waals surface area contributed by atoms with Crippen LogP contribution in [0.5, 0.6) is 5.75 Å². The molecule has 1 unspecified atom stereocenters. The first kappa shape index (κ1) is 16.2. The summed E-state index contributed by atoms with van der Waals surface area (Å²) in [6, 6.07) is 0.307. The Morgan fingerprint density at radius 3 is 2.52 bits per heavy atom. The van der Waals surface area contributed by atoms with Gasteiger partial charge in [-0.3, -0.25) is 16.3 Å². The summed E-state index contributed by atoms with van der Waals surface area (Å²) in [6.45, 7) is 4.13. The van der Waals surface area contributed by atoms with Crippen LogP contribution in [0.2, 0.25) is 0 Å². The summed E-state index contributed by atoms with van der Waals surface area (Å²) in [5.41, 5.74) is 6.38. The van der Waals surface area contributed by atoms with Crippen molar-refractivity contribution in [2.75, 3.05) is 7.11 Å². The number of rotatable bonds is 5. The maximum Gasteiger partial charge on any atom is 0.128 e. The van der Waals surface area contributed by atoms with Crippen molar-refractivity contribution in [2.24, 2.45) is 11.8 Å². The number of nitrogens with one attached hydrogen (secondary N) is 1. The number of hydrazine groups is 1. The lowest BCUT2D eigenvalue weighted by Gasteiger charge is -2.26. The van der Waals surface area contributed by atoms with E-state index >= 15 is 0 Å². The molecule has 1 aromatic heterocycles. The van der Waals surface area contributed by atoms with Crippen molar-refractivity contribution in [2.45, 2.75) is 64.8 Å². The second-order valence-corrected chi connectivity index (χ2v) is 6.28. The second-order valence-electron chi connectivity index (χ2n) is 6.28. The van der Waals surface area contributed by atoms with Crippen molar-refractivity contribution in [3.05, 3.63) is 23.0 Å². The molecule has 0 spiro atoms. The summed E-state index contributed by atoms with van der Waals surface area (Å²) in [4.78, 5) is 4.62. The molecular weight excluding hydrogens is 262 g/mol. The molecule has 1 fully saturated rings. The van der Waals surface area contributed by atoms with Gasteiger partial charge in [0.1, 0.15) is 5.75 Å². The summed E-state index contributed by atoms with van der Waals surface area (Å²) in [7, 11) is 1.73. The Kier molecular flexibility index (Phi) is 6.00. The summed E-state index contributed by atoms with van der Waals surface area (Å²) in [5.74, 6) is 7.46. The normalized spacial score (nSPS) is 18.3. The molecule has 0 aromatic carbocycles. The molecule has 0 amide bonds. The van der Waals surface area contributed by atoms with Gasteiger partial charge in [0.2, 0.25) is 0 Å². The maximum atomic E-state index is 5.84. The average Bonchev–Trinajstić information content (AvgIpc) is 2.76. The van der Waals surface area contributed by atoms with E-state index < -0.39 is 0 Å². The van der Waals surface area contributed by atoms with Crippen LogP contribution in [-0.2, 0) is 6.42 Å². The molecular formula is C17H29N3O. The fraction of sp³-hybridized carbons (Fsp3) is 0.706. The van der Waals surface area contributed by atoms with Crippen LogP contribution >= 0.6 is 0 Å². The van der Waals surface area contributed by atoms with Crippen molar-refractivity contribution in [3.8, 4) is 5.75 Å². The highest BCUT2D eigenvalue weighted by Gasteiger charge is 2.23. The van der Waals surface area contributed by atoms with Gasteiger partial charge in [-0.05, 0) is 32.6 Å². The van der Waals surface area contributed by atoms with Crippen molar-refractivity contribution in [1.82, 2.24) is 10.4 Å². The molecule has 1 aliphatic carbocycles. The zero-order valence-corrected chi connectivity index (χ0v) is 13.6. The Balaban J connectivity index is 2.14. The SMILES string of the molecule is COc1c(C)cnc(CC(NN)C2CCCCCC2)c1C. The summed E-state index contributed by atoms with van der Waals surface area (Å²) in [6.07, 6.45) is 10.7. The summed E-state index contributed by atoms with van der Waals surface area (Å²) < 4.78 is 5.51.